The van der Waals surface area contributed by atoms with Crippen molar-refractivity contribution in [2.24, 2.45) is 0 Å². The Kier molecular flexibility index (Phi) is 4.00. The van der Waals surface area contributed by atoms with Gasteiger partial charge in [0, 0.05) is 11.9 Å². The molecule has 27 heavy (non-hydrogen) atoms. The second-order valence-corrected chi connectivity index (χ2v) is 5.79. The summed E-state index contributed by atoms with van der Waals surface area (Å²) >= 11 is 0. The van der Waals surface area contributed by atoms with Crippen LogP contribution in [0.5, 0.6) is 0 Å². The van der Waals surface area contributed by atoms with E-state index in [0.29, 0.717) is 16.9 Å². The number of halogens is 2. The molecule has 0 atom stereocenters. The van der Waals surface area contributed by atoms with Gasteiger partial charge in [0.05, 0.1) is 22.2 Å². The van der Waals surface area contributed by atoms with Crippen LogP contribution in [-0.2, 0) is 0 Å². The maximum atomic E-state index is 14.3. The number of H-pyrrole nitrogens is 1. The molecule has 0 aliphatic rings. The highest BCUT2D eigenvalue weighted by atomic mass is 19.1. The zero-order valence-corrected chi connectivity index (χ0v) is 13.8. The van der Waals surface area contributed by atoms with Crippen LogP contribution in [0.3, 0.4) is 0 Å². The molecule has 0 fully saturated rings. The third-order valence-corrected chi connectivity index (χ3v) is 4.10. The van der Waals surface area contributed by atoms with Crippen LogP contribution in [0, 0.1) is 11.6 Å². The van der Waals surface area contributed by atoms with Crippen LogP contribution < -0.4 is 11.1 Å². The van der Waals surface area contributed by atoms with Crippen LogP contribution in [-0.4, -0.2) is 20.7 Å². The summed E-state index contributed by atoms with van der Waals surface area (Å²) < 4.78 is 28.5. The van der Waals surface area contributed by atoms with Gasteiger partial charge in [-0.3, -0.25) is 4.79 Å². The number of nitrogens with zero attached hydrogens (tertiary/aromatic N) is 2. The number of hydrogen-bond acceptors (Lipinski definition) is 5. The normalized spacial score (nSPS) is 10.9. The van der Waals surface area contributed by atoms with Crippen molar-refractivity contribution in [2.45, 2.75) is 0 Å². The quantitative estimate of drug-likeness (QED) is 0.378. The number of anilines is 3. The van der Waals surface area contributed by atoms with E-state index in [1.54, 1.807) is 0 Å². The van der Waals surface area contributed by atoms with Gasteiger partial charge in [-0.15, -0.1) is 0 Å². The van der Waals surface area contributed by atoms with Crippen molar-refractivity contribution in [1.29, 1.82) is 0 Å². The second kappa shape index (κ2) is 6.49. The van der Waals surface area contributed by atoms with Gasteiger partial charge in [-0.1, -0.05) is 18.2 Å². The molecule has 2 aromatic heterocycles. The van der Waals surface area contributed by atoms with Crippen LogP contribution in [0.15, 0.2) is 55.0 Å². The van der Waals surface area contributed by atoms with E-state index in [1.807, 2.05) is 30.3 Å². The summed E-state index contributed by atoms with van der Waals surface area (Å²) in [5, 5.41) is 3.41. The highest BCUT2D eigenvalue weighted by Crippen LogP contribution is 2.30. The Morgan fingerprint density at radius 1 is 1.07 bits per heavy atom. The molecule has 134 valence electrons. The van der Waals surface area contributed by atoms with Crippen LogP contribution in [0.1, 0.15) is 15.9 Å². The Bertz CT molecular complexity index is 1160. The summed E-state index contributed by atoms with van der Waals surface area (Å²) in [7, 11) is 0. The molecule has 6 nitrogen and oxygen atoms in total. The number of nitrogens with one attached hydrogen (secondary N) is 2. The molecule has 8 heteroatoms. The van der Waals surface area contributed by atoms with E-state index < -0.39 is 23.0 Å². The first-order valence-electron chi connectivity index (χ1n) is 7.98. The average Bonchev–Trinajstić information content (AvgIpc) is 3.11. The van der Waals surface area contributed by atoms with Crippen LogP contribution in [0.4, 0.5) is 26.0 Å². The number of ketones is 1. The first-order chi connectivity index (χ1) is 13.1. The van der Waals surface area contributed by atoms with E-state index in [1.165, 1.54) is 12.5 Å². The first-order valence-corrected chi connectivity index (χ1v) is 7.98. The van der Waals surface area contributed by atoms with Crippen molar-refractivity contribution in [2.75, 3.05) is 11.1 Å². The number of aromatic amines is 1. The van der Waals surface area contributed by atoms with Gasteiger partial charge in [-0.05, 0) is 24.3 Å². The molecule has 4 rings (SSSR count). The first kappa shape index (κ1) is 16.6. The minimum absolute atomic E-state index is 0.0347. The predicted molar refractivity (Wildman–Crippen MR) is 97.8 cm³/mol. The number of fused-ring (bicyclic) bond motifs is 1. The van der Waals surface area contributed by atoms with E-state index in [4.69, 9.17) is 5.73 Å². The van der Waals surface area contributed by atoms with Gasteiger partial charge in [0.1, 0.15) is 23.6 Å². The smallest absolute Gasteiger partial charge is 0.201 e. The Morgan fingerprint density at radius 2 is 1.85 bits per heavy atom. The van der Waals surface area contributed by atoms with Crippen molar-refractivity contribution in [1.82, 2.24) is 15.0 Å². The number of nitrogen functional groups attached to an aromatic ring is 1. The monoisotopic (exact) mass is 365 g/mol. The third-order valence-electron chi connectivity index (χ3n) is 4.10. The Morgan fingerprint density at radius 3 is 2.63 bits per heavy atom. The number of benzene rings is 2. The minimum Gasteiger partial charge on any atom is -0.396 e. The van der Waals surface area contributed by atoms with E-state index in [2.05, 4.69) is 20.3 Å². The van der Waals surface area contributed by atoms with Gasteiger partial charge in [0.25, 0.3) is 0 Å². The molecule has 0 amide bonds. The number of rotatable bonds is 4. The van der Waals surface area contributed by atoms with Gasteiger partial charge in [0.15, 0.2) is 5.82 Å². The molecule has 0 aliphatic heterocycles. The topological polar surface area (TPSA) is 96.7 Å². The van der Waals surface area contributed by atoms with Gasteiger partial charge in [0.2, 0.25) is 5.78 Å². The minimum atomic E-state index is -1.09. The molecule has 2 aromatic carbocycles. The Hall–Kier alpha value is -3.81. The number of para-hydroxylation sites is 1. The predicted octanol–water partition coefficient (Wildman–Crippen LogP) is 3.79. The van der Waals surface area contributed by atoms with Gasteiger partial charge >= 0.3 is 0 Å². The maximum Gasteiger partial charge on any atom is 0.201 e. The lowest BCUT2D eigenvalue weighted by Gasteiger charge is -2.09. The lowest BCUT2D eigenvalue weighted by atomic mass is 10.0. The van der Waals surface area contributed by atoms with Crippen molar-refractivity contribution >= 4 is 34.0 Å². The number of nitrogens with two attached hydrogens (primary N) is 1. The largest absolute Gasteiger partial charge is 0.396 e. The summed E-state index contributed by atoms with van der Waals surface area (Å²) in [6.07, 6.45) is 2.67. The summed E-state index contributed by atoms with van der Waals surface area (Å²) in [6.45, 7) is 0. The standard InChI is InChI=1S/C19H13F2N5O/c20-12-6-7-13(22)16(21)15(12)17(27)11-8-23-18-14(11)19(25-9-24-18)26-10-4-2-1-3-5-10/h1-9H,22H2,(H2,23,24,25,26). The number of aromatic nitrogens is 3. The van der Waals surface area contributed by atoms with E-state index >= 15 is 0 Å². The summed E-state index contributed by atoms with van der Waals surface area (Å²) in [5.74, 6) is -2.60. The van der Waals surface area contributed by atoms with E-state index in [-0.39, 0.29) is 11.3 Å². The molecular weight excluding hydrogens is 352 g/mol. The lowest BCUT2D eigenvalue weighted by Crippen LogP contribution is -2.10. The lowest BCUT2D eigenvalue weighted by molar-refractivity contribution is 0.103. The molecule has 0 spiro atoms. The third kappa shape index (κ3) is 2.86. The molecule has 0 bridgehead atoms. The highest BCUT2D eigenvalue weighted by Gasteiger charge is 2.25. The maximum absolute atomic E-state index is 14.3. The average molecular weight is 365 g/mol. The molecule has 0 unspecified atom stereocenters. The molecule has 4 aromatic rings. The van der Waals surface area contributed by atoms with E-state index in [0.717, 1.165) is 17.8 Å². The fourth-order valence-electron chi connectivity index (χ4n) is 2.81. The molecule has 0 saturated heterocycles. The molecule has 0 aliphatic carbocycles. The molecule has 4 N–H and O–H groups in total. The SMILES string of the molecule is Nc1ccc(F)c(C(=O)c2c[nH]c3ncnc(Nc4ccccc4)c23)c1F. The van der Waals surface area contributed by atoms with Crippen LogP contribution in [0.2, 0.25) is 0 Å². The zero-order valence-electron chi connectivity index (χ0n) is 13.8. The highest BCUT2D eigenvalue weighted by molar-refractivity contribution is 6.18. The van der Waals surface area contributed by atoms with Crippen LogP contribution >= 0.6 is 0 Å². The van der Waals surface area contributed by atoms with Crippen LogP contribution in [0.25, 0.3) is 11.0 Å². The van der Waals surface area contributed by atoms with E-state index in [9.17, 15) is 13.6 Å². The van der Waals surface area contributed by atoms with Crippen molar-refractivity contribution in [3.8, 4) is 0 Å². The fraction of sp³-hybridized carbons (Fsp3) is 0. The van der Waals surface area contributed by atoms with Gasteiger partial charge in [-0.25, -0.2) is 18.7 Å². The second-order valence-electron chi connectivity index (χ2n) is 5.79. The van der Waals surface area contributed by atoms with Crippen molar-refractivity contribution in [3.05, 3.63) is 77.8 Å². The van der Waals surface area contributed by atoms with Crippen molar-refractivity contribution < 1.29 is 13.6 Å². The Balaban J connectivity index is 1.86. The summed E-state index contributed by atoms with van der Waals surface area (Å²) in [5.41, 5.74) is 5.59. The molecule has 0 radical (unpaired) electrons. The summed E-state index contributed by atoms with van der Waals surface area (Å²) in [6, 6.07) is 11.2. The van der Waals surface area contributed by atoms with Gasteiger partial charge in [-0.2, -0.15) is 0 Å². The number of carbonyl (C=O) groups is 1. The number of carbonyl (C=O) groups excluding carboxylic acids is 1. The number of hydrogen-bond donors (Lipinski definition) is 3. The molecule has 2 heterocycles. The zero-order chi connectivity index (χ0) is 19.0. The molecular formula is C19H13F2N5O. The molecule has 0 saturated carbocycles. The fourth-order valence-corrected chi connectivity index (χ4v) is 2.81. The van der Waals surface area contributed by atoms with Gasteiger partial charge < -0.3 is 16.0 Å². The Labute approximate surface area is 152 Å². The van der Waals surface area contributed by atoms with Crippen molar-refractivity contribution in [3.63, 3.8) is 0 Å². The summed E-state index contributed by atoms with van der Waals surface area (Å²) in [4.78, 5) is 23.9.